The van der Waals surface area contributed by atoms with E-state index >= 15 is 0 Å². The number of carbonyl (C=O) groups is 2. The lowest BCUT2D eigenvalue weighted by Crippen LogP contribution is -2.57. The van der Waals surface area contributed by atoms with E-state index in [1.54, 1.807) is 12.1 Å². The molecule has 0 spiro atoms. The Morgan fingerprint density at radius 2 is 1.85 bits per heavy atom. The highest BCUT2D eigenvalue weighted by Gasteiger charge is 2.48. The van der Waals surface area contributed by atoms with Crippen molar-refractivity contribution in [3.8, 4) is 0 Å². The molecule has 2 aliphatic rings. The summed E-state index contributed by atoms with van der Waals surface area (Å²) >= 11 is 0. The van der Waals surface area contributed by atoms with E-state index < -0.39 is 17.1 Å². The molecular formula is C21H29FN2O3. The number of amides is 2. The van der Waals surface area contributed by atoms with Crippen molar-refractivity contribution in [1.82, 2.24) is 10.2 Å². The van der Waals surface area contributed by atoms with Gasteiger partial charge in [0.25, 0.3) is 0 Å². The lowest BCUT2D eigenvalue weighted by Gasteiger charge is -2.46. The van der Waals surface area contributed by atoms with E-state index in [-0.39, 0.29) is 17.8 Å². The Bertz CT molecular complexity index is 692. The normalized spacial score (nSPS) is 21.9. The van der Waals surface area contributed by atoms with Gasteiger partial charge in [0.05, 0.1) is 5.41 Å². The zero-order valence-electron chi connectivity index (χ0n) is 16.4. The first kappa shape index (κ1) is 19.6. The summed E-state index contributed by atoms with van der Waals surface area (Å²) in [5.74, 6) is -0.198. The van der Waals surface area contributed by atoms with Gasteiger partial charge in [0.15, 0.2) is 0 Å². The average molecular weight is 376 g/mol. The number of benzene rings is 1. The molecule has 2 fully saturated rings. The second-order valence-electron chi connectivity index (χ2n) is 8.68. The third kappa shape index (κ3) is 4.42. The van der Waals surface area contributed by atoms with Gasteiger partial charge in [-0.25, -0.2) is 9.18 Å². The maximum atomic E-state index is 13.3. The van der Waals surface area contributed by atoms with Crippen molar-refractivity contribution in [3.63, 3.8) is 0 Å². The molecule has 1 aliphatic carbocycles. The number of halogens is 1. The molecule has 1 atom stereocenters. The molecule has 148 valence electrons. The number of hydrogen-bond donors (Lipinski definition) is 1. The monoisotopic (exact) mass is 376 g/mol. The first-order chi connectivity index (χ1) is 12.7. The van der Waals surface area contributed by atoms with Crippen LogP contribution in [-0.2, 0) is 14.9 Å². The highest BCUT2D eigenvalue weighted by Crippen LogP contribution is 2.45. The first-order valence-corrected chi connectivity index (χ1v) is 9.75. The summed E-state index contributed by atoms with van der Waals surface area (Å²) in [4.78, 5) is 27.2. The molecule has 1 heterocycles. The fourth-order valence-electron chi connectivity index (χ4n) is 3.98. The predicted octanol–water partition coefficient (Wildman–Crippen LogP) is 3.76. The molecule has 1 N–H and O–H groups in total. The molecule has 27 heavy (non-hydrogen) atoms. The molecule has 0 bridgehead atoms. The Morgan fingerprint density at radius 3 is 2.41 bits per heavy atom. The van der Waals surface area contributed by atoms with E-state index in [1.165, 1.54) is 12.1 Å². The minimum Gasteiger partial charge on any atom is -0.444 e. The van der Waals surface area contributed by atoms with Crippen LogP contribution >= 0.6 is 0 Å². The fourth-order valence-corrected chi connectivity index (χ4v) is 3.98. The van der Waals surface area contributed by atoms with Crippen molar-refractivity contribution in [2.75, 3.05) is 13.1 Å². The zero-order chi connectivity index (χ0) is 19.7. The number of nitrogens with one attached hydrogen (secondary N) is 1. The second kappa shape index (κ2) is 7.49. The summed E-state index contributed by atoms with van der Waals surface area (Å²) in [6.45, 7) is 6.65. The fraction of sp³-hybridized carbons (Fsp3) is 0.619. The van der Waals surface area contributed by atoms with Crippen molar-refractivity contribution < 1.29 is 18.7 Å². The van der Waals surface area contributed by atoms with E-state index in [2.05, 4.69) is 5.32 Å². The second-order valence-corrected chi connectivity index (χ2v) is 8.68. The number of hydrogen-bond acceptors (Lipinski definition) is 3. The minimum atomic E-state index is -0.549. The van der Waals surface area contributed by atoms with E-state index in [4.69, 9.17) is 4.74 Å². The minimum absolute atomic E-state index is 0.0936. The van der Waals surface area contributed by atoms with E-state index in [1.807, 2.05) is 25.7 Å². The van der Waals surface area contributed by atoms with Crippen LogP contribution in [0.15, 0.2) is 24.3 Å². The molecule has 1 saturated heterocycles. The Hall–Kier alpha value is -2.11. The molecular weight excluding hydrogens is 347 g/mol. The standard InChI is InChI=1S/C21H29FN2O3/c1-20(2,3)27-19(26)23-17-6-4-13-24(14-17)18(25)21(11-5-12-21)15-7-9-16(22)10-8-15/h7-10,17H,4-6,11-14H2,1-3H3,(H,23,26)/t17-/m0/s1. The van der Waals surface area contributed by atoms with Crippen molar-refractivity contribution in [2.45, 2.75) is 69.9 Å². The number of piperidine rings is 1. The van der Waals surface area contributed by atoms with Crippen LogP contribution < -0.4 is 5.32 Å². The predicted molar refractivity (Wildman–Crippen MR) is 101 cm³/mol. The van der Waals surface area contributed by atoms with Gasteiger partial charge in [0, 0.05) is 19.1 Å². The highest BCUT2D eigenvalue weighted by atomic mass is 19.1. The Kier molecular flexibility index (Phi) is 5.45. The summed E-state index contributed by atoms with van der Waals surface area (Å²) in [7, 11) is 0. The number of carbonyl (C=O) groups excluding carboxylic acids is 2. The zero-order valence-corrected chi connectivity index (χ0v) is 16.4. The van der Waals surface area contributed by atoms with Crippen LogP contribution in [0, 0.1) is 5.82 Å². The van der Waals surface area contributed by atoms with Crippen LogP contribution in [0.3, 0.4) is 0 Å². The maximum Gasteiger partial charge on any atom is 0.407 e. The quantitative estimate of drug-likeness (QED) is 0.874. The third-order valence-corrected chi connectivity index (χ3v) is 5.44. The number of nitrogens with zero attached hydrogens (tertiary/aromatic N) is 1. The first-order valence-electron chi connectivity index (χ1n) is 9.75. The van der Waals surface area contributed by atoms with Crippen molar-refractivity contribution >= 4 is 12.0 Å². The molecule has 1 aromatic carbocycles. The number of rotatable bonds is 3. The molecule has 3 rings (SSSR count). The lowest BCUT2D eigenvalue weighted by atomic mass is 9.63. The van der Waals surface area contributed by atoms with Crippen molar-refractivity contribution in [1.29, 1.82) is 0 Å². The topological polar surface area (TPSA) is 58.6 Å². The Balaban J connectivity index is 1.67. The van der Waals surface area contributed by atoms with Gasteiger partial charge in [-0.15, -0.1) is 0 Å². The summed E-state index contributed by atoms with van der Waals surface area (Å²) in [6, 6.07) is 6.19. The van der Waals surface area contributed by atoms with Crippen LogP contribution in [-0.4, -0.2) is 41.6 Å². The van der Waals surface area contributed by atoms with E-state index in [0.29, 0.717) is 13.1 Å². The van der Waals surface area contributed by atoms with Gasteiger partial charge < -0.3 is 15.0 Å². The number of ether oxygens (including phenoxy) is 1. The van der Waals surface area contributed by atoms with Crippen LogP contribution in [0.1, 0.15) is 58.4 Å². The molecule has 1 aliphatic heterocycles. The van der Waals surface area contributed by atoms with E-state index in [0.717, 1.165) is 37.7 Å². The molecule has 0 radical (unpaired) electrons. The average Bonchev–Trinajstić information content (AvgIpc) is 2.54. The highest BCUT2D eigenvalue weighted by molar-refractivity contribution is 5.89. The number of alkyl carbamates (subject to hydrolysis) is 1. The van der Waals surface area contributed by atoms with Crippen molar-refractivity contribution in [3.05, 3.63) is 35.6 Å². The van der Waals surface area contributed by atoms with Gasteiger partial charge in [-0.05, 0) is 64.2 Å². The van der Waals surface area contributed by atoms with Gasteiger partial charge in [0.1, 0.15) is 11.4 Å². The van der Waals surface area contributed by atoms with Gasteiger partial charge in [0.2, 0.25) is 5.91 Å². The SMILES string of the molecule is CC(C)(C)OC(=O)N[C@H]1CCCN(C(=O)C2(c3ccc(F)cc3)CCC2)C1. The smallest absolute Gasteiger partial charge is 0.407 e. The lowest BCUT2D eigenvalue weighted by molar-refractivity contribution is -0.142. The summed E-state index contributed by atoms with van der Waals surface area (Å²) in [6.07, 6.45) is 3.80. The van der Waals surface area contributed by atoms with Gasteiger partial charge in [-0.1, -0.05) is 18.6 Å². The Morgan fingerprint density at radius 1 is 1.19 bits per heavy atom. The summed E-state index contributed by atoms with van der Waals surface area (Å²) in [5, 5.41) is 2.89. The van der Waals surface area contributed by atoms with Gasteiger partial charge >= 0.3 is 6.09 Å². The molecule has 1 saturated carbocycles. The molecule has 2 amide bonds. The van der Waals surface area contributed by atoms with Gasteiger partial charge in [-0.2, -0.15) is 0 Å². The molecule has 6 heteroatoms. The number of likely N-dealkylation sites (tertiary alicyclic amines) is 1. The van der Waals surface area contributed by atoms with Gasteiger partial charge in [-0.3, -0.25) is 4.79 Å². The van der Waals surface area contributed by atoms with Crippen LogP contribution in [0.5, 0.6) is 0 Å². The van der Waals surface area contributed by atoms with Crippen LogP contribution in [0.2, 0.25) is 0 Å². The summed E-state index contributed by atoms with van der Waals surface area (Å²) in [5.41, 5.74) is -0.198. The van der Waals surface area contributed by atoms with Crippen LogP contribution in [0.25, 0.3) is 0 Å². The van der Waals surface area contributed by atoms with Crippen LogP contribution in [0.4, 0.5) is 9.18 Å². The third-order valence-electron chi connectivity index (χ3n) is 5.44. The summed E-state index contributed by atoms with van der Waals surface area (Å²) < 4.78 is 18.6. The molecule has 0 unspecified atom stereocenters. The molecule has 5 nitrogen and oxygen atoms in total. The largest absolute Gasteiger partial charge is 0.444 e. The molecule has 1 aromatic rings. The maximum absolute atomic E-state index is 13.3. The van der Waals surface area contributed by atoms with E-state index in [9.17, 15) is 14.0 Å². The van der Waals surface area contributed by atoms with Crippen molar-refractivity contribution in [2.24, 2.45) is 0 Å². The Labute approximate surface area is 160 Å². The molecule has 0 aromatic heterocycles.